The quantitative estimate of drug-likeness (QED) is 0.758. The first-order valence-electron chi connectivity index (χ1n) is 4.42. The minimum atomic E-state index is -0.900. The summed E-state index contributed by atoms with van der Waals surface area (Å²) in [5.41, 5.74) is 0.595. The fourth-order valence-electron chi connectivity index (χ4n) is 1.40. The van der Waals surface area contributed by atoms with E-state index in [2.05, 4.69) is 0 Å². The van der Waals surface area contributed by atoms with Crippen LogP contribution in [0.5, 0.6) is 5.75 Å². The van der Waals surface area contributed by atoms with Crippen molar-refractivity contribution in [1.82, 2.24) is 0 Å². The lowest BCUT2D eigenvalue weighted by molar-refractivity contribution is 0.475. The van der Waals surface area contributed by atoms with Crippen molar-refractivity contribution in [1.29, 1.82) is 0 Å². The smallest absolute Gasteiger partial charge is 0.166 e. The van der Waals surface area contributed by atoms with Crippen molar-refractivity contribution in [3.63, 3.8) is 0 Å². The van der Waals surface area contributed by atoms with E-state index < -0.39 is 11.6 Å². The van der Waals surface area contributed by atoms with Crippen LogP contribution in [0.25, 0.3) is 11.1 Å². The van der Waals surface area contributed by atoms with E-state index in [0.717, 1.165) is 6.07 Å². The zero-order valence-corrected chi connectivity index (χ0v) is 7.74. The molecule has 0 saturated carbocycles. The maximum Gasteiger partial charge on any atom is 0.166 e. The van der Waals surface area contributed by atoms with Crippen molar-refractivity contribution in [2.75, 3.05) is 0 Å². The second kappa shape index (κ2) is 3.69. The predicted molar refractivity (Wildman–Crippen MR) is 53.5 cm³/mol. The fraction of sp³-hybridized carbons (Fsp3) is 0. The molecule has 2 aromatic rings. The number of halogens is 2. The van der Waals surface area contributed by atoms with Gasteiger partial charge < -0.3 is 5.11 Å². The van der Waals surface area contributed by atoms with Crippen molar-refractivity contribution in [2.24, 2.45) is 0 Å². The van der Waals surface area contributed by atoms with E-state index in [1.807, 2.05) is 0 Å². The Morgan fingerprint density at radius 3 is 2.40 bits per heavy atom. The summed E-state index contributed by atoms with van der Waals surface area (Å²) in [6.45, 7) is 0. The molecular formula is C12H8F2O. The van der Waals surface area contributed by atoms with Gasteiger partial charge in [0.05, 0.1) is 0 Å². The fourth-order valence-corrected chi connectivity index (χ4v) is 1.40. The maximum atomic E-state index is 13.4. The minimum Gasteiger partial charge on any atom is -0.508 e. The number of hydrogen-bond acceptors (Lipinski definition) is 1. The third-order valence-electron chi connectivity index (χ3n) is 2.11. The van der Waals surface area contributed by atoms with E-state index in [4.69, 9.17) is 0 Å². The number of phenolic OH excluding ortho intramolecular Hbond substituents is 1. The molecule has 3 heteroatoms. The number of rotatable bonds is 1. The average molecular weight is 206 g/mol. The van der Waals surface area contributed by atoms with Gasteiger partial charge in [0.1, 0.15) is 5.75 Å². The van der Waals surface area contributed by atoms with Crippen molar-refractivity contribution in [2.45, 2.75) is 0 Å². The average Bonchev–Trinajstić information content (AvgIpc) is 2.22. The highest BCUT2D eigenvalue weighted by Crippen LogP contribution is 2.26. The molecule has 0 bridgehead atoms. The molecule has 0 radical (unpaired) electrons. The second-order valence-electron chi connectivity index (χ2n) is 3.15. The predicted octanol–water partition coefficient (Wildman–Crippen LogP) is 3.34. The molecule has 0 aliphatic rings. The topological polar surface area (TPSA) is 20.2 Å². The molecule has 0 unspecified atom stereocenters. The Labute approximate surface area is 85.6 Å². The molecule has 0 amide bonds. The molecule has 0 atom stereocenters. The van der Waals surface area contributed by atoms with Crippen LogP contribution in [-0.2, 0) is 0 Å². The van der Waals surface area contributed by atoms with Crippen molar-refractivity contribution in [3.8, 4) is 16.9 Å². The first-order valence-corrected chi connectivity index (χ1v) is 4.42. The van der Waals surface area contributed by atoms with Gasteiger partial charge in [0.2, 0.25) is 0 Å². The Kier molecular flexibility index (Phi) is 2.37. The minimum absolute atomic E-state index is 0.0242. The van der Waals surface area contributed by atoms with Gasteiger partial charge in [0.25, 0.3) is 0 Å². The molecule has 0 aromatic heterocycles. The standard InChI is InChI=1S/C12H8F2O/c13-11-6-2-5-10(12(11)14)8-3-1-4-9(15)7-8/h1-7,15H. The van der Waals surface area contributed by atoms with E-state index in [-0.39, 0.29) is 11.3 Å². The van der Waals surface area contributed by atoms with Gasteiger partial charge in [-0.05, 0) is 23.8 Å². The van der Waals surface area contributed by atoms with Crippen LogP contribution < -0.4 is 0 Å². The van der Waals surface area contributed by atoms with E-state index in [0.29, 0.717) is 5.56 Å². The monoisotopic (exact) mass is 206 g/mol. The lowest BCUT2D eigenvalue weighted by Crippen LogP contribution is -1.88. The lowest BCUT2D eigenvalue weighted by Gasteiger charge is -2.04. The van der Waals surface area contributed by atoms with Crippen LogP contribution in [0.4, 0.5) is 8.78 Å². The van der Waals surface area contributed by atoms with Gasteiger partial charge in [-0.3, -0.25) is 0 Å². The van der Waals surface area contributed by atoms with E-state index in [9.17, 15) is 13.9 Å². The SMILES string of the molecule is Oc1cccc(-c2cccc(F)c2F)c1. The van der Waals surface area contributed by atoms with Crippen LogP contribution >= 0.6 is 0 Å². The summed E-state index contributed by atoms with van der Waals surface area (Å²) in [5.74, 6) is -1.77. The van der Waals surface area contributed by atoms with E-state index in [1.165, 1.54) is 24.3 Å². The summed E-state index contributed by atoms with van der Waals surface area (Å²) < 4.78 is 26.3. The summed E-state index contributed by atoms with van der Waals surface area (Å²) in [6.07, 6.45) is 0. The molecule has 1 nitrogen and oxygen atoms in total. The summed E-state index contributed by atoms with van der Waals surface area (Å²) in [4.78, 5) is 0. The number of phenols is 1. The highest BCUT2D eigenvalue weighted by Gasteiger charge is 2.09. The van der Waals surface area contributed by atoms with Crippen molar-refractivity contribution >= 4 is 0 Å². The highest BCUT2D eigenvalue weighted by atomic mass is 19.2. The molecule has 0 spiro atoms. The van der Waals surface area contributed by atoms with E-state index in [1.54, 1.807) is 12.1 Å². The Morgan fingerprint density at radius 2 is 1.67 bits per heavy atom. The first kappa shape index (κ1) is 9.65. The van der Waals surface area contributed by atoms with Crippen molar-refractivity contribution in [3.05, 3.63) is 54.1 Å². The Morgan fingerprint density at radius 1 is 0.933 bits per heavy atom. The molecule has 76 valence electrons. The molecule has 2 rings (SSSR count). The van der Waals surface area contributed by atoms with Crippen molar-refractivity contribution < 1.29 is 13.9 Å². The summed E-state index contributed by atoms with van der Waals surface area (Å²) in [5, 5.41) is 9.22. The van der Waals surface area contributed by atoms with Crippen LogP contribution in [0, 0.1) is 11.6 Å². The van der Waals surface area contributed by atoms with Gasteiger partial charge in [-0.15, -0.1) is 0 Å². The van der Waals surface area contributed by atoms with Crippen LogP contribution in [0.15, 0.2) is 42.5 Å². The normalized spacial score (nSPS) is 10.3. The van der Waals surface area contributed by atoms with Crippen LogP contribution in [-0.4, -0.2) is 5.11 Å². The molecule has 0 heterocycles. The van der Waals surface area contributed by atoms with Gasteiger partial charge >= 0.3 is 0 Å². The van der Waals surface area contributed by atoms with Gasteiger partial charge in [-0.25, -0.2) is 8.78 Å². The maximum absolute atomic E-state index is 13.4. The van der Waals surface area contributed by atoms with Gasteiger partial charge in [-0.1, -0.05) is 24.3 Å². The van der Waals surface area contributed by atoms with Gasteiger partial charge in [0.15, 0.2) is 11.6 Å². The first-order chi connectivity index (χ1) is 7.18. The van der Waals surface area contributed by atoms with Gasteiger partial charge in [0, 0.05) is 5.56 Å². The number of hydrogen-bond donors (Lipinski definition) is 1. The number of benzene rings is 2. The zero-order valence-electron chi connectivity index (χ0n) is 7.74. The lowest BCUT2D eigenvalue weighted by atomic mass is 10.0. The summed E-state index contributed by atoms with van der Waals surface area (Å²) >= 11 is 0. The second-order valence-corrected chi connectivity index (χ2v) is 3.15. The van der Waals surface area contributed by atoms with Crippen LogP contribution in [0.2, 0.25) is 0 Å². The molecule has 0 aliphatic carbocycles. The highest BCUT2D eigenvalue weighted by molar-refractivity contribution is 5.65. The molecule has 0 aliphatic heterocycles. The Balaban J connectivity index is 2.59. The molecule has 15 heavy (non-hydrogen) atoms. The van der Waals surface area contributed by atoms with Crippen LogP contribution in [0.1, 0.15) is 0 Å². The van der Waals surface area contributed by atoms with E-state index >= 15 is 0 Å². The molecule has 0 fully saturated rings. The Bertz CT molecular complexity index is 495. The Hall–Kier alpha value is -1.90. The summed E-state index contributed by atoms with van der Waals surface area (Å²) in [6, 6.07) is 10.00. The zero-order chi connectivity index (χ0) is 10.8. The van der Waals surface area contributed by atoms with Gasteiger partial charge in [-0.2, -0.15) is 0 Å². The third-order valence-corrected chi connectivity index (χ3v) is 2.11. The molecular weight excluding hydrogens is 198 g/mol. The third kappa shape index (κ3) is 1.81. The molecule has 2 aromatic carbocycles. The van der Waals surface area contributed by atoms with Crippen LogP contribution in [0.3, 0.4) is 0 Å². The molecule has 0 saturated heterocycles. The molecule has 1 N–H and O–H groups in total. The number of aromatic hydroxyl groups is 1. The summed E-state index contributed by atoms with van der Waals surface area (Å²) in [7, 11) is 0. The largest absolute Gasteiger partial charge is 0.508 e.